The zero-order chi connectivity index (χ0) is 16.4. The van der Waals surface area contributed by atoms with E-state index in [0.717, 1.165) is 0 Å². The van der Waals surface area contributed by atoms with Crippen LogP contribution in [0.15, 0.2) is 41.3 Å². The molecule has 0 bridgehead atoms. The molecule has 1 amide bonds. The molecule has 8 heteroatoms. The van der Waals surface area contributed by atoms with Crippen molar-refractivity contribution in [3.63, 3.8) is 0 Å². The molecule has 0 aliphatic heterocycles. The van der Waals surface area contributed by atoms with Crippen molar-refractivity contribution in [2.45, 2.75) is 19.4 Å². The van der Waals surface area contributed by atoms with Crippen LogP contribution < -0.4 is 5.73 Å². The lowest BCUT2D eigenvalue weighted by molar-refractivity contribution is -0.384. The lowest BCUT2D eigenvalue weighted by atomic mass is 10.1. The van der Waals surface area contributed by atoms with Crippen molar-refractivity contribution in [3.05, 3.63) is 47.0 Å². The maximum absolute atomic E-state index is 11.3. The fraction of sp³-hybridized carbons (Fsp3) is 0.200. The molecular weight excluding hydrogens is 300 g/mol. The summed E-state index contributed by atoms with van der Waals surface area (Å²) in [6, 6.07) is 4.83. The molecule has 0 atom stereocenters. The Kier molecular flexibility index (Phi) is 3.80. The van der Waals surface area contributed by atoms with E-state index >= 15 is 0 Å². The second-order valence-electron chi connectivity index (χ2n) is 5.16. The van der Waals surface area contributed by atoms with Crippen LogP contribution in [0.5, 0.6) is 0 Å². The Morgan fingerprint density at radius 2 is 2.26 bits per heavy atom. The minimum atomic E-state index is -0.424. The van der Waals surface area contributed by atoms with E-state index in [1.807, 2.05) is 0 Å². The molecule has 0 saturated heterocycles. The summed E-state index contributed by atoms with van der Waals surface area (Å²) in [5.41, 5.74) is 6.83. The highest BCUT2D eigenvalue weighted by molar-refractivity contribution is 5.89. The minimum absolute atomic E-state index is 0.00409. The summed E-state index contributed by atoms with van der Waals surface area (Å²) < 4.78 is 6.67. The number of carbonyl (C=O) groups is 1. The molecule has 0 unspecified atom stereocenters. The topological polar surface area (TPSA) is 117 Å². The van der Waals surface area contributed by atoms with E-state index in [1.54, 1.807) is 23.0 Å². The smallest absolute Gasteiger partial charge is 0.278 e. The number of rotatable bonds is 6. The number of nitro groups is 1. The molecule has 3 aromatic rings. The second-order valence-corrected chi connectivity index (χ2v) is 5.16. The van der Waals surface area contributed by atoms with Crippen molar-refractivity contribution in [2.75, 3.05) is 0 Å². The standard InChI is InChI=1S/C15H14N4O4/c16-15(20)2-1-4-18-8-11-6-14(19(21)22)12(7-13(11)17-18)10-3-5-23-9-10/h3,5-9H,1-2,4H2,(H2,16,20). The van der Waals surface area contributed by atoms with Crippen LogP contribution in [0.4, 0.5) is 5.69 Å². The van der Waals surface area contributed by atoms with E-state index < -0.39 is 4.92 Å². The number of primary amides is 1. The van der Waals surface area contributed by atoms with Gasteiger partial charge in [-0.3, -0.25) is 19.6 Å². The maximum atomic E-state index is 11.3. The minimum Gasteiger partial charge on any atom is -0.472 e. The number of aromatic nitrogens is 2. The van der Waals surface area contributed by atoms with Gasteiger partial charge in [0, 0.05) is 36.2 Å². The van der Waals surface area contributed by atoms with Crippen LogP contribution in [0.2, 0.25) is 0 Å². The Labute approximate surface area is 130 Å². The number of nitro benzene ring substituents is 1. The molecule has 23 heavy (non-hydrogen) atoms. The number of benzene rings is 1. The first-order chi connectivity index (χ1) is 11.0. The van der Waals surface area contributed by atoms with E-state index in [4.69, 9.17) is 10.2 Å². The summed E-state index contributed by atoms with van der Waals surface area (Å²) in [5.74, 6) is -0.361. The lowest BCUT2D eigenvalue weighted by Crippen LogP contribution is -2.11. The largest absolute Gasteiger partial charge is 0.472 e. The molecule has 0 spiro atoms. The molecule has 0 saturated carbocycles. The summed E-state index contributed by atoms with van der Waals surface area (Å²) >= 11 is 0. The van der Waals surface area contributed by atoms with Crippen molar-refractivity contribution >= 4 is 22.5 Å². The van der Waals surface area contributed by atoms with Gasteiger partial charge in [-0.15, -0.1) is 0 Å². The third-order valence-corrected chi connectivity index (χ3v) is 3.51. The zero-order valence-electron chi connectivity index (χ0n) is 12.1. The first-order valence-electron chi connectivity index (χ1n) is 7.01. The van der Waals surface area contributed by atoms with Crippen molar-refractivity contribution in [2.24, 2.45) is 5.73 Å². The molecule has 118 valence electrons. The Morgan fingerprint density at radius 1 is 1.43 bits per heavy atom. The second kappa shape index (κ2) is 5.91. The molecule has 3 rings (SSSR count). The monoisotopic (exact) mass is 314 g/mol. The van der Waals surface area contributed by atoms with Gasteiger partial charge in [0.1, 0.15) is 0 Å². The zero-order valence-corrected chi connectivity index (χ0v) is 12.1. The third kappa shape index (κ3) is 3.05. The van der Waals surface area contributed by atoms with Crippen LogP contribution in [0.3, 0.4) is 0 Å². The average Bonchev–Trinajstić information content (AvgIpc) is 3.14. The van der Waals surface area contributed by atoms with Crippen LogP contribution in [0, 0.1) is 10.1 Å². The molecule has 0 aliphatic carbocycles. The summed E-state index contributed by atoms with van der Waals surface area (Å²) in [7, 11) is 0. The number of carbonyl (C=O) groups excluding carboxylic acids is 1. The van der Waals surface area contributed by atoms with Gasteiger partial charge in [-0.05, 0) is 18.6 Å². The summed E-state index contributed by atoms with van der Waals surface area (Å²) in [6.45, 7) is 0.520. The molecule has 2 aromatic heterocycles. The number of nitrogens with two attached hydrogens (primary N) is 1. The quantitative estimate of drug-likeness (QED) is 0.554. The number of hydrogen-bond acceptors (Lipinski definition) is 5. The molecule has 2 heterocycles. The Morgan fingerprint density at radius 3 is 2.91 bits per heavy atom. The molecule has 8 nitrogen and oxygen atoms in total. The Balaban J connectivity index is 1.99. The van der Waals surface area contributed by atoms with Crippen LogP contribution >= 0.6 is 0 Å². The van der Waals surface area contributed by atoms with Gasteiger partial charge in [0.2, 0.25) is 5.91 Å². The van der Waals surface area contributed by atoms with Gasteiger partial charge in [-0.1, -0.05) is 0 Å². The van der Waals surface area contributed by atoms with Crippen LogP contribution in [-0.2, 0) is 11.3 Å². The summed E-state index contributed by atoms with van der Waals surface area (Å²) in [4.78, 5) is 21.7. The first kappa shape index (κ1) is 14.8. The predicted molar refractivity (Wildman–Crippen MR) is 82.5 cm³/mol. The lowest BCUT2D eigenvalue weighted by Gasteiger charge is -2.00. The van der Waals surface area contributed by atoms with Crippen molar-refractivity contribution in [1.82, 2.24) is 9.78 Å². The average molecular weight is 314 g/mol. The fourth-order valence-corrected chi connectivity index (χ4v) is 2.44. The SMILES string of the molecule is NC(=O)CCCn1cc2cc([N+](=O)[O-])c(-c3ccoc3)cc2n1. The number of furan rings is 1. The van der Waals surface area contributed by atoms with Crippen molar-refractivity contribution < 1.29 is 14.1 Å². The molecule has 0 fully saturated rings. The Bertz CT molecular complexity index is 867. The molecule has 2 N–H and O–H groups in total. The van der Waals surface area contributed by atoms with Gasteiger partial charge >= 0.3 is 0 Å². The van der Waals surface area contributed by atoms with Gasteiger partial charge in [-0.2, -0.15) is 5.10 Å². The van der Waals surface area contributed by atoms with Gasteiger partial charge in [-0.25, -0.2) is 0 Å². The fourth-order valence-electron chi connectivity index (χ4n) is 2.44. The van der Waals surface area contributed by atoms with E-state index in [2.05, 4.69) is 5.10 Å². The van der Waals surface area contributed by atoms with E-state index in [-0.39, 0.29) is 18.0 Å². The van der Waals surface area contributed by atoms with Gasteiger partial charge in [0.15, 0.2) is 0 Å². The Hall–Kier alpha value is -3.16. The van der Waals surface area contributed by atoms with E-state index in [1.165, 1.54) is 18.6 Å². The van der Waals surface area contributed by atoms with Crippen molar-refractivity contribution in [3.8, 4) is 11.1 Å². The van der Waals surface area contributed by atoms with Gasteiger partial charge in [0.05, 0.1) is 28.5 Å². The van der Waals surface area contributed by atoms with Gasteiger partial charge < -0.3 is 10.2 Å². The molecular formula is C15H14N4O4. The third-order valence-electron chi connectivity index (χ3n) is 3.51. The number of aryl methyl sites for hydroxylation is 1. The predicted octanol–water partition coefficient (Wildman–Crippen LogP) is 2.47. The normalized spacial score (nSPS) is 11.0. The van der Waals surface area contributed by atoms with Crippen LogP contribution in [-0.4, -0.2) is 20.6 Å². The summed E-state index contributed by atoms with van der Waals surface area (Å²) in [5, 5.41) is 16.4. The van der Waals surface area contributed by atoms with Gasteiger partial charge in [0.25, 0.3) is 5.69 Å². The molecule has 1 aromatic carbocycles. The summed E-state index contributed by atoms with van der Waals surface area (Å²) in [6.07, 6.45) is 5.49. The number of fused-ring (bicyclic) bond motifs is 1. The highest BCUT2D eigenvalue weighted by Crippen LogP contribution is 2.33. The van der Waals surface area contributed by atoms with Crippen LogP contribution in [0.1, 0.15) is 12.8 Å². The number of hydrogen-bond donors (Lipinski definition) is 1. The number of nitrogens with zero attached hydrogens (tertiary/aromatic N) is 3. The molecule has 0 radical (unpaired) electrons. The van der Waals surface area contributed by atoms with E-state index in [9.17, 15) is 14.9 Å². The van der Waals surface area contributed by atoms with Crippen molar-refractivity contribution in [1.29, 1.82) is 0 Å². The highest BCUT2D eigenvalue weighted by Gasteiger charge is 2.19. The van der Waals surface area contributed by atoms with Crippen LogP contribution in [0.25, 0.3) is 22.0 Å². The number of amides is 1. The maximum Gasteiger partial charge on any atom is 0.278 e. The molecule has 0 aliphatic rings. The van der Waals surface area contributed by atoms with E-state index in [0.29, 0.717) is 35.0 Å². The highest BCUT2D eigenvalue weighted by atomic mass is 16.6. The first-order valence-corrected chi connectivity index (χ1v) is 7.01.